The Morgan fingerprint density at radius 2 is 1.74 bits per heavy atom. The number of amides is 2. The van der Waals surface area contributed by atoms with Crippen molar-refractivity contribution in [3.8, 4) is 0 Å². The first-order valence-electron chi connectivity index (χ1n) is 10.1. The Balaban J connectivity index is 1.36. The Morgan fingerprint density at radius 1 is 1.06 bits per heavy atom. The van der Waals surface area contributed by atoms with E-state index in [2.05, 4.69) is 10.3 Å². The predicted molar refractivity (Wildman–Crippen MR) is 117 cm³/mol. The zero-order valence-corrected chi connectivity index (χ0v) is 17.1. The average Bonchev–Trinajstić information content (AvgIpc) is 3.22. The molecule has 1 aliphatic heterocycles. The van der Waals surface area contributed by atoms with Crippen LogP contribution in [0.15, 0.2) is 54.6 Å². The number of fused-ring (bicyclic) bond motifs is 1. The molecule has 0 spiro atoms. The zero-order chi connectivity index (χ0) is 22.0. The summed E-state index contributed by atoms with van der Waals surface area (Å²) in [4.78, 5) is 43.1. The average molecular weight is 421 g/mol. The Labute approximate surface area is 178 Å². The molecule has 160 valence electrons. The lowest BCUT2D eigenvalue weighted by molar-refractivity contribution is -0.383. The van der Waals surface area contributed by atoms with Crippen molar-refractivity contribution in [2.75, 3.05) is 31.5 Å². The fraction of sp³-hybridized carbons (Fsp3) is 0.273. The van der Waals surface area contributed by atoms with Gasteiger partial charge >= 0.3 is 0 Å². The maximum Gasteiger partial charge on any atom is 0.292 e. The van der Waals surface area contributed by atoms with Crippen LogP contribution in [0.3, 0.4) is 0 Å². The van der Waals surface area contributed by atoms with Crippen LogP contribution >= 0.6 is 0 Å². The molecule has 0 saturated carbocycles. The summed E-state index contributed by atoms with van der Waals surface area (Å²) in [5.74, 6) is -0.377. The Hall–Kier alpha value is -3.72. The summed E-state index contributed by atoms with van der Waals surface area (Å²) in [7, 11) is 0. The normalized spacial score (nSPS) is 15.6. The van der Waals surface area contributed by atoms with Crippen molar-refractivity contribution in [3.63, 3.8) is 0 Å². The maximum absolute atomic E-state index is 12.9. The van der Waals surface area contributed by atoms with Gasteiger partial charge in [0.15, 0.2) is 0 Å². The molecule has 2 amide bonds. The summed E-state index contributed by atoms with van der Waals surface area (Å²) in [6.07, 6.45) is 0. The topological polar surface area (TPSA) is 112 Å². The van der Waals surface area contributed by atoms with Crippen molar-refractivity contribution in [2.24, 2.45) is 0 Å². The van der Waals surface area contributed by atoms with E-state index in [1.54, 1.807) is 24.0 Å². The van der Waals surface area contributed by atoms with Crippen LogP contribution in [0.2, 0.25) is 0 Å². The molecule has 1 atom stereocenters. The molecule has 1 fully saturated rings. The van der Waals surface area contributed by atoms with Crippen molar-refractivity contribution in [1.29, 1.82) is 0 Å². The number of H-pyrrole nitrogens is 1. The molecule has 1 saturated heterocycles. The molecule has 0 radical (unpaired) electrons. The number of rotatable bonds is 5. The van der Waals surface area contributed by atoms with Gasteiger partial charge < -0.3 is 15.2 Å². The van der Waals surface area contributed by atoms with E-state index in [0.717, 1.165) is 10.9 Å². The molecule has 1 aromatic heterocycles. The first-order chi connectivity index (χ1) is 14.9. The molecule has 2 aromatic carbocycles. The van der Waals surface area contributed by atoms with Crippen LogP contribution in [0.25, 0.3) is 10.9 Å². The standard InChI is InChI=1S/C22H23N5O4/c1-15(21(28)24-18-8-4-5-9-20(18)27(30)31)25-10-12-26(13-11-25)22(29)19-14-16-6-2-3-7-17(16)23-19/h2-9,14-15,23H,10-13H2,1H3,(H,24,28). The number of aromatic amines is 1. The molecular formula is C22H23N5O4. The number of carbonyl (C=O) groups excluding carboxylic acids is 2. The number of aromatic nitrogens is 1. The minimum atomic E-state index is -0.519. The van der Waals surface area contributed by atoms with Crippen LogP contribution in [0.5, 0.6) is 0 Å². The van der Waals surface area contributed by atoms with E-state index in [1.165, 1.54) is 12.1 Å². The van der Waals surface area contributed by atoms with Gasteiger partial charge in [-0.25, -0.2) is 0 Å². The van der Waals surface area contributed by atoms with Gasteiger partial charge in [-0.2, -0.15) is 0 Å². The van der Waals surface area contributed by atoms with Crippen molar-refractivity contribution < 1.29 is 14.5 Å². The summed E-state index contributed by atoms with van der Waals surface area (Å²) in [5.41, 5.74) is 1.51. The van der Waals surface area contributed by atoms with E-state index in [-0.39, 0.29) is 23.2 Å². The van der Waals surface area contributed by atoms with Gasteiger partial charge in [-0.15, -0.1) is 0 Å². The lowest BCUT2D eigenvalue weighted by Gasteiger charge is -2.37. The molecule has 1 unspecified atom stereocenters. The number of nitrogens with one attached hydrogen (secondary N) is 2. The molecule has 0 bridgehead atoms. The second-order valence-corrected chi connectivity index (χ2v) is 7.54. The van der Waals surface area contributed by atoms with Gasteiger partial charge in [0.25, 0.3) is 11.6 Å². The first-order valence-corrected chi connectivity index (χ1v) is 10.1. The van der Waals surface area contributed by atoms with E-state index in [0.29, 0.717) is 31.9 Å². The minimum absolute atomic E-state index is 0.0622. The fourth-order valence-electron chi connectivity index (χ4n) is 3.81. The highest BCUT2D eigenvalue weighted by Gasteiger charge is 2.29. The van der Waals surface area contributed by atoms with Gasteiger partial charge in [0.05, 0.1) is 11.0 Å². The number of piperazine rings is 1. The molecule has 9 nitrogen and oxygen atoms in total. The van der Waals surface area contributed by atoms with E-state index in [9.17, 15) is 19.7 Å². The minimum Gasteiger partial charge on any atom is -0.351 e. The molecule has 9 heteroatoms. The van der Waals surface area contributed by atoms with E-state index >= 15 is 0 Å². The first kappa shape index (κ1) is 20.5. The summed E-state index contributed by atoms with van der Waals surface area (Å²) < 4.78 is 0. The third-order valence-electron chi connectivity index (χ3n) is 5.65. The highest BCUT2D eigenvalue weighted by Crippen LogP contribution is 2.24. The smallest absolute Gasteiger partial charge is 0.292 e. The van der Waals surface area contributed by atoms with Gasteiger partial charge in [0.1, 0.15) is 11.4 Å². The Bertz CT molecular complexity index is 1100. The van der Waals surface area contributed by atoms with Gasteiger partial charge in [0.2, 0.25) is 5.91 Å². The molecule has 4 rings (SSSR count). The summed E-state index contributed by atoms with van der Waals surface area (Å²) in [5, 5.41) is 14.8. The fourth-order valence-corrected chi connectivity index (χ4v) is 3.81. The van der Waals surface area contributed by atoms with Crippen LogP contribution in [-0.2, 0) is 4.79 Å². The predicted octanol–water partition coefficient (Wildman–Crippen LogP) is 2.86. The number of nitrogens with zero attached hydrogens (tertiary/aromatic N) is 3. The zero-order valence-electron chi connectivity index (χ0n) is 17.1. The number of para-hydroxylation sites is 3. The lowest BCUT2D eigenvalue weighted by atomic mass is 10.2. The van der Waals surface area contributed by atoms with Crippen LogP contribution in [0.1, 0.15) is 17.4 Å². The van der Waals surface area contributed by atoms with Gasteiger partial charge in [-0.05, 0) is 25.1 Å². The van der Waals surface area contributed by atoms with Gasteiger partial charge in [-0.1, -0.05) is 30.3 Å². The maximum atomic E-state index is 12.9. The second-order valence-electron chi connectivity index (χ2n) is 7.54. The summed E-state index contributed by atoms with van der Waals surface area (Å²) in [6, 6.07) is 15.2. The van der Waals surface area contributed by atoms with Crippen LogP contribution in [0.4, 0.5) is 11.4 Å². The van der Waals surface area contributed by atoms with E-state index in [4.69, 9.17) is 0 Å². The molecule has 1 aliphatic rings. The number of benzene rings is 2. The molecule has 2 heterocycles. The molecular weight excluding hydrogens is 398 g/mol. The Kier molecular flexibility index (Phi) is 5.68. The molecule has 3 aromatic rings. The summed E-state index contributed by atoms with van der Waals surface area (Å²) in [6.45, 7) is 3.84. The van der Waals surface area contributed by atoms with E-state index < -0.39 is 11.0 Å². The lowest BCUT2D eigenvalue weighted by Crippen LogP contribution is -2.54. The van der Waals surface area contributed by atoms with Gasteiger partial charge in [0, 0.05) is 43.1 Å². The SMILES string of the molecule is CC(C(=O)Nc1ccccc1[N+](=O)[O-])N1CCN(C(=O)c2cc3ccccc3[nH]2)CC1. The highest BCUT2D eigenvalue weighted by molar-refractivity contribution is 5.98. The van der Waals surface area contributed by atoms with Crippen LogP contribution in [0, 0.1) is 10.1 Å². The van der Waals surface area contributed by atoms with E-state index in [1.807, 2.05) is 35.2 Å². The highest BCUT2D eigenvalue weighted by atomic mass is 16.6. The number of anilines is 1. The number of carbonyl (C=O) groups is 2. The third-order valence-corrected chi connectivity index (χ3v) is 5.65. The number of hydrogen-bond donors (Lipinski definition) is 2. The number of nitro benzene ring substituents is 1. The number of hydrogen-bond acceptors (Lipinski definition) is 5. The summed E-state index contributed by atoms with van der Waals surface area (Å²) >= 11 is 0. The largest absolute Gasteiger partial charge is 0.351 e. The molecule has 2 N–H and O–H groups in total. The number of nitro groups is 1. The molecule has 0 aliphatic carbocycles. The monoisotopic (exact) mass is 421 g/mol. The quantitative estimate of drug-likeness (QED) is 0.486. The van der Waals surface area contributed by atoms with Gasteiger partial charge in [-0.3, -0.25) is 24.6 Å². The van der Waals surface area contributed by atoms with Crippen molar-refractivity contribution in [1.82, 2.24) is 14.8 Å². The van der Waals surface area contributed by atoms with Crippen molar-refractivity contribution in [2.45, 2.75) is 13.0 Å². The van der Waals surface area contributed by atoms with Crippen LogP contribution in [-0.4, -0.2) is 63.7 Å². The van der Waals surface area contributed by atoms with Crippen molar-refractivity contribution in [3.05, 3.63) is 70.4 Å². The van der Waals surface area contributed by atoms with Crippen molar-refractivity contribution >= 4 is 34.1 Å². The second kappa shape index (κ2) is 8.57. The third kappa shape index (κ3) is 4.26. The van der Waals surface area contributed by atoms with Crippen LogP contribution < -0.4 is 5.32 Å². The Morgan fingerprint density at radius 3 is 2.45 bits per heavy atom. The molecule has 31 heavy (non-hydrogen) atoms.